The lowest BCUT2D eigenvalue weighted by molar-refractivity contribution is -0.383. The van der Waals surface area contributed by atoms with Crippen LogP contribution in [-0.2, 0) is 17.8 Å². The van der Waals surface area contributed by atoms with E-state index in [1.165, 1.54) is 17.4 Å². The molecule has 0 saturated heterocycles. The van der Waals surface area contributed by atoms with Gasteiger partial charge in [-0.2, -0.15) is 0 Å². The monoisotopic (exact) mass is 291 g/mol. The van der Waals surface area contributed by atoms with E-state index < -0.39 is 4.92 Å². The number of aldehydes is 1. The number of carbonyl (C=O) groups excluding carboxylic acids is 1. The van der Waals surface area contributed by atoms with Crippen molar-refractivity contribution >= 4 is 34.7 Å². The van der Waals surface area contributed by atoms with Gasteiger partial charge in [-0.3, -0.25) is 10.1 Å². The number of nitro groups is 1. The topological polar surface area (TPSA) is 98.3 Å². The Bertz CT molecular complexity index is 640. The molecule has 2 rings (SSSR count). The molecule has 7 heteroatoms. The van der Waals surface area contributed by atoms with E-state index in [2.05, 4.69) is 5.32 Å². The SMILES string of the molecule is Nc1ccc(NCc2cc(CC=O)cs2)c([N+](=O)[O-])c1. The number of rotatable bonds is 6. The molecule has 20 heavy (non-hydrogen) atoms. The molecule has 104 valence electrons. The lowest BCUT2D eigenvalue weighted by Crippen LogP contribution is -2.02. The zero-order chi connectivity index (χ0) is 14.5. The minimum atomic E-state index is -0.467. The van der Waals surface area contributed by atoms with E-state index in [1.807, 2.05) is 11.4 Å². The number of thiophene rings is 1. The van der Waals surface area contributed by atoms with Gasteiger partial charge >= 0.3 is 0 Å². The first-order chi connectivity index (χ1) is 9.60. The highest BCUT2D eigenvalue weighted by Crippen LogP contribution is 2.27. The van der Waals surface area contributed by atoms with Gasteiger partial charge in [0.05, 0.1) is 4.92 Å². The Morgan fingerprint density at radius 1 is 1.40 bits per heavy atom. The minimum Gasteiger partial charge on any atom is -0.399 e. The highest BCUT2D eigenvalue weighted by atomic mass is 32.1. The summed E-state index contributed by atoms with van der Waals surface area (Å²) in [5, 5.41) is 15.9. The van der Waals surface area contributed by atoms with Crippen LogP contribution in [-0.4, -0.2) is 11.2 Å². The van der Waals surface area contributed by atoms with Crippen molar-refractivity contribution in [2.24, 2.45) is 0 Å². The number of hydrogen-bond acceptors (Lipinski definition) is 6. The fraction of sp³-hybridized carbons (Fsp3) is 0.154. The molecular formula is C13H13N3O3S. The van der Waals surface area contributed by atoms with Gasteiger partial charge in [-0.05, 0) is 29.1 Å². The predicted octanol–water partition coefficient (Wildman–Crippen LogP) is 2.59. The number of nitrogen functional groups attached to an aromatic ring is 1. The highest BCUT2D eigenvalue weighted by Gasteiger charge is 2.13. The van der Waals surface area contributed by atoms with Crippen LogP contribution in [0.25, 0.3) is 0 Å². The van der Waals surface area contributed by atoms with Gasteiger partial charge in [0.25, 0.3) is 5.69 Å². The van der Waals surface area contributed by atoms with E-state index in [-0.39, 0.29) is 5.69 Å². The second-order valence-electron chi connectivity index (χ2n) is 4.18. The van der Waals surface area contributed by atoms with E-state index in [0.29, 0.717) is 24.3 Å². The fourth-order valence-corrected chi connectivity index (χ4v) is 2.60. The summed E-state index contributed by atoms with van der Waals surface area (Å²) in [6.45, 7) is 0.467. The molecule has 3 N–H and O–H groups in total. The summed E-state index contributed by atoms with van der Waals surface area (Å²) in [5.74, 6) is 0. The van der Waals surface area contributed by atoms with Crippen molar-refractivity contribution in [3.63, 3.8) is 0 Å². The summed E-state index contributed by atoms with van der Waals surface area (Å²) in [5.41, 5.74) is 7.23. The number of anilines is 2. The van der Waals surface area contributed by atoms with Crippen molar-refractivity contribution < 1.29 is 9.72 Å². The molecule has 0 bridgehead atoms. The maximum Gasteiger partial charge on any atom is 0.294 e. The lowest BCUT2D eigenvalue weighted by Gasteiger charge is -2.06. The molecule has 0 atom stereocenters. The van der Waals surface area contributed by atoms with E-state index in [9.17, 15) is 14.9 Å². The van der Waals surface area contributed by atoms with Crippen LogP contribution in [0, 0.1) is 10.1 Å². The average Bonchev–Trinajstić information content (AvgIpc) is 2.85. The fourth-order valence-electron chi connectivity index (χ4n) is 1.75. The lowest BCUT2D eigenvalue weighted by atomic mass is 10.2. The summed E-state index contributed by atoms with van der Waals surface area (Å²) in [7, 11) is 0. The molecular weight excluding hydrogens is 278 g/mol. The number of nitrogens with one attached hydrogen (secondary N) is 1. The van der Waals surface area contributed by atoms with Gasteiger partial charge in [0, 0.05) is 29.6 Å². The molecule has 0 saturated carbocycles. The first-order valence-electron chi connectivity index (χ1n) is 5.88. The number of hydrogen-bond donors (Lipinski definition) is 2. The van der Waals surface area contributed by atoms with E-state index in [1.54, 1.807) is 12.1 Å². The number of carbonyl (C=O) groups is 1. The smallest absolute Gasteiger partial charge is 0.294 e. The molecule has 0 amide bonds. The van der Waals surface area contributed by atoms with Gasteiger partial charge in [-0.1, -0.05) is 0 Å². The molecule has 0 aliphatic rings. The molecule has 1 heterocycles. The number of nitrogens with two attached hydrogens (primary N) is 1. The van der Waals surface area contributed by atoms with Crippen LogP contribution >= 0.6 is 11.3 Å². The van der Waals surface area contributed by atoms with Crippen LogP contribution in [0.2, 0.25) is 0 Å². The number of nitro benzene ring substituents is 1. The molecule has 1 aromatic heterocycles. The Hall–Kier alpha value is -2.41. The Balaban J connectivity index is 2.10. The Morgan fingerprint density at radius 3 is 2.90 bits per heavy atom. The zero-order valence-electron chi connectivity index (χ0n) is 10.5. The molecule has 0 spiro atoms. The zero-order valence-corrected chi connectivity index (χ0v) is 11.4. The van der Waals surface area contributed by atoms with Crippen molar-refractivity contribution in [3.05, 3.63) is 50.2 Å². The Kier molecular flexibility index (Phi) is 4.31. The standard InChI is InChI=1S/C13H13N3O3S/c14-10-1-2-12(13(6-10)16(18)19)15-7-11-5-9(3-4-17)8-20-11/h1-2,4-6,8,15H,3,7,14H2. The van der Waals surface area contributed by atoms with Crippen LogP contribution in [0.4, 0.5) is 17.1 Å². The highest BCUT2D eigenvalue weighted by molar-refractivity contribution is 7.10. The molecule has 2 aromatic rings. The molecule has 0 aliphatic heterocycles. The third-order valence-corrected chi connectivity index (χ3v) is 3.68. The molecule has 1 aromatic carbocycles. The quantitative estimate of drug-likeness (QED) is 0.369. The van der Waals surface area contributed by atoms with Gasteiger partial charge in [0.1, 0.15) is 12.0 Å². The molecule has 6 nitrogen and oxygen atoms in total. The maximum atomic E-state index is 10.9. The Labute approximate surface area is 119 Å². The first kappa shape index (κ1) is 14.0. The summed E-state index contributed by atoms with van der Waals surface area (Å²) in [6, 6.07) is 6.44. The van der Waals surface area contributed by atoms with Crippen LogP contribution in [0.3, 0.4) is 0 Å². The summed E-state index contributed by atoms with van der Waals surface area (Å²) in [6.07, 6.45) is 1.24. The normalized spacial score (nSPS) is 10.2. The molecule has 0 fully saturated rings. The van der Waals surface area contributed by atoms with Gasteiger partial charge in [0.15, 0.2) is 0 Å². The van der Waals surface area contributed by atoms with Gasteiger partial charge < -0.3 is 15.8 Å². The number of nitrogens with zero attached hydrogens (tertiary/aromatic N) is 1. The largest absolute Gasteiger partial charge is 0.399 e. The van der Waals surface area contributed by atoms with Crippen LogP contribution in [0.1, 0.15) is 10.4 Å². The maximum absolute atomic E-state index is 10.9. The van der Waals surface area contributed by atoms with Crippen LogP contribution < -0.4 is 11.1 Å². The second kappa shape index (κ2) is 6.16. The predicted molar refractivity (Wildman–Crippen MR) is 78.9 cm³/mol. The van der Waals surface area contributed by atoms with Crippen molar-refractivity contribution in [3.8, 4) is 0 Å². The molecule has 0 radical (unpaired) electrons. The van der Waals surface area contributed by atoms with E-state index >= 15 is 0 Å². The van der Waals surface area contributed by atoms with Crippen LogP contribution in [0.5, 0.6) is 0 Å². The third-order valence-electron chi connectivity index (χ3n) is 2.70. The van der Waals surface area contributed by atoms with Crippen LogP contribution in [0.15, 0.2) is 29.6 Å². The Morgan fingerprint density at radius 2 is 2.20 bits per heavy atom. The van der Waals surface area contributed by atoms with Crippen molar-refractivity contribution in [2.75, 3.05) is 11.1 Å². The summed E-state index contributed by atoms with van der Waals surface area (Å²) >= 11 is 1.51. The van der Waals surface area contributed by atoms with Gasteiger partial charge in [-0.25, -0.2) is 0 Å². The van der Waals surface area contributed by atoms with Crippen molar-refractivity contribution in [2.45, 2.75) is 13.0 Å². The van der Waals surface area contributed by atoms with Gasteiger partial charge in [-0.15, -0.1) is 11.3 Å². The van der Waals surface area contributed by atoms with Gasteiger partial charge in [0.2, 0.25) is 0 Å². The summed E-state index contributed by atoms with van der Waals surface area (Å²) in [4.78, 5) is 21.9. The van der Waals surface area contributed by atoms with E-state index in [4.69, 9.17) is 5.73 Å². The average molecular weight is 291 g/mol. The van der Waals surface area contributed by atoms with Crippen molar-refractivity contribution in [1.29, 1.82) is 0 Å². The van der Waals surface area contributed by atoms with Crippen molar-refractivity contribution in [1.82, 2.24) is 0 Å². The van der Waals surface area contributed by atoms with E-state index in [0.717, 1.165) is 16.7 Å². The first-order valence-corrected chi connectivity index (χ1v) is 6.76. The number of benzene rings is 1. The second-order valence-corrected chi connectivity index (χ2v) is 5.18. The third kappa shape index (κ3) is 3.33. The molecule has 0 unspecified atom stereocenters. The summed E-state index contributed by atoms with van der Waals surface area (Å²) < 4.78 is 0. The minimum absolute atomic E-state index is 0.0466. The molecule has 0 aliphatic carbocycles.